The van der Waals surface area contributed by atoms with Crippen LogP contribution in [-0.4, -0.2) is 0 Å². The summed E-state index contributed by atoms with van der Waals surface area (Å²) in [5.41, 5.74) is 3.03. The molecule has 0 saturated heterocycles. The van der Waals surface area contributed by atoms with Crippen LogP contribution in [0.25, 0.3) is 6.08 Å². The molecule has 1 saturated carbocycles. The molecule has 0 heteroatoms. The number of benzene rings is 1. The zero-order chi connectivity index (χ0) is 13.4. The quantitative estimate of drug-likeness (QED) is 0.653. The standard InChI is InChI=1S/C19H26/c1-13(2)16-10-8-14(3)12-19(16)18-11-9-15-6-4-5-7-17(15)18/h4-7,9,11,13-14,16,18-19H,8,10,12H2,1-3H3/t14-,16?,18?,19?/m0/s1. The smallest absolute Gasteiger partial charge is 0.00583 e. The summed E-state index contributed by atoms with van der Waals surface area (Å²) in [5.74, 6) is 4.15. The molecule has 1 aromatic rings. The van der Waals surface area contributed by atoms with Crippen molar-refractivity contribution in [1.82, 2.24) is 0 Å². The molecule has 1 fully saturated rings. The Bertz CT molecular complexity index is 469. The highest BCUT2D eigenvalue weighted by Crippen LogP contribution is 2.48. The molecule has 2 aliphatic rings. The van der Waals surface area contributed by atoms with E-state index in [1.807, 2.05) is 0 Å². The average Bonchev–Trinajstić information content (AvgIpc) is 2.82. The van der Waals surface area contributed by atoms with Gasteiger partial charge in [-0.2, -0.15) is 0 Å². The van der Waals surface area contributed by atoms with Gasteiger partial charge in [-0.05, 0) is 47.6 Å². The Morgan fingerprint density at radius 2 is 1.89 bits per heavy atom. The number of fused-ring (bicyclic) bond motifs is 1. The van der Waals surface area contributed by atoms with Crippen molar-refractivity contribution in [2.45, 2.75) is 46.0 Å². The van der Waals surface area contributed by atoms with Crippen molar-refractivity contribution in [3.05, 3.63) is 41.5 Å². The van der Waals surface area contributed by atoms with Crippen LogP contribution >= 0.6 is 0 Å². The van der Waals surface area contributed by atoms with Crippen molar-refractivity contribution in [3.63, 3.8) is 0 Å². The Balaban J connectivity index is 1.90. The molecule has 0 bridgehead atoms. The topological polar surface area (TPSA) is 0 Å². The molecule has 0 nitrogen and oxygen atoms in total. The molecule has 0 radical (unpaired) electrons. The molecule has 0 heterocycles. The SMILES string of the molecule is CC(C)C1CC[C@H](C)CC1C1C=Cc2ccccc21. The second-order valence-corrected chi connectivity index (χ2v) is 7.00. The second kappa shape index (κ2) is 5.15. The molecule has 0 aromatic heterocycles. The molecule has 0 spiro atoms. The van der Waals surface area contributed by atoms with E-state index < -0.39 is 0 Å². The first kappa shape index (κ1) is 13.0. The molecule has 3 rings (SSSR count). The zero-order valence-corrected chi connectivity index (χ0v) is 12.5. The minimum atomic E-state index is 0.673. The Kier molecular flexibility index (Phi) is 3.52. The molecule has 3 unspecified atom stereocenters. The maximum absolute atomic E-state index is 2.47. The predicted molar refractivity (Wildman–Crippen MR) is 83.1 cm³/mol. The fourth-order valence-corrected chi connectivity index (χ4v) is 4.34. The summed E-state index contributed by atoms with van der Waals surface area (Å²) in [5, 5.41) is 0. The fourth-order valence-electron chi connectivity index (χ4n) is 4.34. The monoisotopic (exact) mass is 254 g/mol. The molecule has 1 aromatic carbocycles. The first-order valence-corrected chi connectivity index (χ1v) is 7.94. The van der Waals surface area contributed by atoms with Crippen molar-refractivity contribution >= 4 is 6.08 Å². The summed E-state index contributed by atoms with van der Waals surface area (Å²) < 4.78 is 0. The van der Waals surface area contributed by atoms with Crippen LogP contribution in [0.5, 0.6) is 0 Å². The van der Waals surface area contributed by atoms with E-state index in [4.69, 9.17) is 0 Å². The highest BCUT2D eigenvalue weighted by Gasteiger charge is 2.37. The van der Waals surface area contributed by atoms with Crippen LogP contribution < -0.4 is 0 Å². The van der Waals surface area contributed by atoms with Crippen LogP contribution in [0.1, 0.15) is 57.1 Å². The van der Waals surface area contributed by atoms with Gasteiger partial charge in [0.1, 0.15) is 0 Å². The van der Waals surface area contributed by atoms with Gasteiger partial charge in [0.05, 0.1) is 0 Å². The van der Waals surface area contributed by atoms with E-state index in [-0.39, 0.29) is 0 Å². The van der Waals surface area contributed by atoms with E-state index >= 15 is 0 Å². The summed E-state index contributed by atoms with van der Waals surface area (Å²) in [6, 6.07) is 8.98. The summed E-state index contributed by atoms with van der Waals surface area (Å²) in [6.07, 6.45) is 9.08. The highest BCUT2D eigenvalue weighted by atomic mass is 14.4. The molecule has 0 amide bonds. The molecule has 2 aliphatic carbocycles. The lowest BCUT2D eigenvalue weighted by molar-refractivity contribution is 0.133. The van der Waals surface area contributed by atoms with Gasteiger partial charge in [-0.1, -0.05) is 63.6 Å². The van der Waals surface area contributed by atoms with Crippen LogP contribution in [0.4, 0.5) is 0 Å². The van der Waals surface area contributed by atoms with E-state index in [1.54, 1.807) is 5.56 Å². The maximum Gasteiger partial charge on any atom is 0.00583 e. The largest absolute Gasteiger partial charge is 0.0761 e. The van der Waals surface area contributed by atoms with Crippen molar-refractivity contribution in [2.75, 3.05) is 0 Å². The third-order valence-electron chi connectivity index (χ3n) is 5.37. The zero-order valence-electron chi connectivity index (χ0n) is 12.5. The summed E-state index contributed by atoms with van der Waals surface area (Å²) >= 11 is 0. The Hall–Kier alpha value is -1.04. The van der Waals surface area contributed by atoms with Gasteiger partial charge in [0.15, 0.2) is 0 Å². The van der Waals surface area contributed by atoms with E-state index in [2.05, 4.69) is 57.2 Å². The van der Waals surface area contributed by atoms with Crippen LogP contribution in [-0.2, 0) is 0 Å². The molecular formula is C19H26. The van der Waals surface area contributed by atoms with Crippen LogP contribution in [0.2, 0.25) is 0 Å². The van der Waals surface area contributed by atoms with E-state index in [9.17, 15) is 0 Å². The first-order chi connectivity index (χ1) is 9.16. The number of hydrogen-bond acceptors (Lipinski definition) is 0. The summed E-state index contributed by atoms with van der Waals surface area (Å²) in [4.78, 5) is 0. The number of rotatable bonds is 2. The lowest BCUT2D eigenvalue weighted by Crippen LogP contribution is -2.31. The van der Waals surface area contributed by atoms with E-state index in [0.717, 1.165) is 23.7 Å². The first-order valence-electron chi connectivity index (χ1n) is 7.94. The average molecular weight is 254 g/mol. The van der Waals surface area contributed by atoms with E-state index in [1.165, 1.54) is 24.8 Å². The summed E-state index contributed by atoms with van der Waals surface area (Å²) in [6.45, 7) is 7.27. The molecule has 4 atom stereocenters. The Labute approximate surface area is 117 Å². The van der Waals surface area contributed by atoms with Gasteiger partial charge >= 0.3 is 0 Å². The van der Waals surface area contributed by atoms with Crippen LogP contribution in [0.3, 0.4) is 0 Å². The normalized spacial score (nSPS) is 33.7. The minimum Gasteiger partial charge on any atom is -0.0761 e. The fraction of sp³-hybridized carbons (Fsp3) is 0.579. The molecule has 102 valence electrons. The van der Waals surface area contributed by atoms with Gasteiger partial charge in [-0.3, -0.25) is 0 Å². The maximum atomic E-state index is 2.47. The third kappa shape index (κ3) is 2.38. The molecule has 0 aliphatic heterocycles. The molecular weight excluding hydrogens is 228 g/mol. The van der Waals surface area contributed by atoms with Gasteiger partial charge in [0.2, 0.25) is 0 Å². The molecule has 19 heavy (non-hydrogen) atoms. The highest BCUT2D eigenvalue weighted by molar-refractivity contribution is 5.62. The van der Waals surface area contributed by atoms with Gasteiger partial charge in [0, 0.05) is 5.92 Å². The van der Waals surface area contributed by atoms with Gasteiger partial charge < -0.3 is 0 Å². The van der Waals surface area contributed by atoms with Crippen molar-refractivity contribution in [1.29, 1.82) is 0 Å². The number of hydrogen-bond donors (Lipinski definition) is 0. The Morgan fingerprint density at radius 3 is 2.68 bits per heavy atom. The van der Waals surface area contributed by atoms with E-state index in [0.29, 0.717) is 5.92 Å². The van der Waals surface area contributed by atoms with Crippen molar-refractivity contribution < 1.29 is 0 Å². The van der Waals surface area contributed by atoms with Crippen LogP contribution in [0.15, 0.2) is 30.3 Å². The molecule has 0 N–H and O–H groups in total. The number of allylic oxidation sites excluding steroid dienone is 1. The van der Waals surface area contributed by atoms with Gasteiger partial charge in [-0.15, -0.1) is 0 Å². The lowest BCUT2D eigenvalue weighted by atomic mass is 9.64. The van der Waals surface area contributed by atoms with Crippen LogP contribution in [0, 0.1) is 23.7 Å². The predicted octanol–water partition coefficient (Wildman–Crippen LogP) is 5.51. The second-order valence-electron chi connectivity index (χ2n) is 7.00. The van der Waals surface area contributed by atoms with Crippen molar-refractivity contribution in [3.8, 4) is 0 Å². The Morgan fingerprint density at radius 1 is 1.11 bits per heavy atom. The lowest BCUT2D eigenvalue weighted by Gasteiger charge is -2.40. The van der Waals surface area contributed by atoms with Crippen molar-refractivity contribution in [2.24, 2.45) is 23.7 Å². The summed E-state index contributed by atoms with van der Waals surface area (Å²) in [7, 11) is 0. The minimum absolute atomic E-state index is 0.673. The third-order valence-corrected chi connectivity index (χ3v) is 5.37. The van der Waals surface area contributed by atoms with Gasteiger partial charge in [0.25, 0.3) is 0 Å². The van der Waals surface area contributed by atoms with Gasteiger partial charge in [-0.25, -0.2) is 0 Å².